The number of likely N-dealkylation sites (tertiary alicyclic amines) is 1. The van der Waals surface area contributed by atoms with E-state index in [1.165, 1.54) is 24.3 Å². The SMILES string of the molecule is COc1ccc2c3c([nH]c2c1)[C@@H](CO)N(C(=O)Nc1ccc(F)cc1)CC31CCN(C(=O)Cc2ccccc2)CC1. The maximum Gasteiger partial charge on any atom is 0.322 e. The lowest BCUT2D eigenvalue weighted by Crippen LogP contribution is -2.56. The highest BCUT2D eigenvalue weighted by Crippen LogP contribution is 2.49. The molecule has 0 radical (unpaired) electrons. The van der Waals surface area contributed by atoms with Gasteiger partial charge in [-0.05, 0) is 60.4 Å². The summed E-state index contributed by atoms with van der Waals surface area (Å²) in [5.41, 5.74) is 3.77. The number of nitrogens with zero attached hydrogens (tertiary/aromatic N) is 2. The molecule has 4 aromatic rings. The molecule has 0 saturated carbocycles. The van der Waals surface area contributed by atoms with E-state index in [1.54, 1.807) is 12.0 Å². The van der Waals surface area contributed by atoms with E-state index in [2.05, 4.69) is 10.3 Å². The molecule has 0 bridgehead atoms. The Kier molecular flexibility index (Phi) is 7.13. The van der Waals surface area contributed by atoms with E-state index >= 15 is 0 Å². The minimum atomic E-state index is -0.604. The van der Waals surface area contributed by atoms with E-state index in [9.17, 15) is 19.1 Å². The lowest BCUT2D eigenvalue weighted by molar-refractivity contribution is -0.132. The second kappa shape index (κ2) is 10.9. The van der Waals surface area contributed by atoms with Crippen LogP contribution in [0.15, 0.2) is 72.8 Å². The molecule has 212 valence electrons. The van der Waals surface area contributed by atoms with Crippen molar-refractivity contribution >= 4 is 28.5 Å². The maximum atomic E-state index is 13.7. The number of benzene rings is 3. The van der Waals surface area contributed by atoms with Crippen LogP contribution in [-0.4, -0.2) is 65.2 Å². The number of hydrogen-bond acceptors (Lipinski definition) is 4. The summed E-state index contributed by atoms with van der Waals surface area (Å²) < 4.78 is 18.9. The summed E-state index contributed by atoms with van der Waals surface area (Å²) in [5.74, 6) is 0.405. The zero-order chi connectivity index (χ0) is 28.6. The molecule has 2 aliphatic rings. The number of urea groups is 1. The number of aliphatic hydroxyl groups is 1. The number of fused-ring (bicyclic) bond motifs is 4. The third-order valence-corrected chi connectivity index (χ3v) is 8.55. The summed E-state index contributed by atoms with van der Waals surface area (Å²) in [5, 5.41) is 14.5. The number of methoxy groups -OCH3 is 1. The molecule has 9 heteroatoms. The largest absolute Gasteiger partial charge is 0.497 e. The second-order valence-electron chi connectivity index (χ2n) is 10.9. The van der Waals surface area contributed by atoms with Crippen molar-refractivity contribution < 1.29 is 23.8 Å². The van der Waals surface area contributed by atoms with E-state index in [1.807, 2.05) is 53.4 Å². The van der Waals surface area contributed by atoms with Crippen molar-refractivity contribution in [1.29, 1.82) is 0 Å². The van der Waals surface area contributed by atoms with Crippen LogP contribution >= 0.6 is 0 Å². The molecule has 3 heterocycles. The topological polar surface area (TPSA) is 97.9 Å². The van der Waals surface area contributed by atoms with Gasteiger partial charge in [0.15, 0.2) is 0 Å². The highest BCUT2D eigenvalue weighted by Gasteiger charge is 2.49. The first-order valence-corrected chi connectivity index (χ1v) is 13.9. The number of amides is 3. The van der Waals surface area contributed by atoms with E-state index in [4.69, 9.17) is 4.74 Å². The first-order chi connectivity index (χ1) is 19.9. The van der Waals surface area contributed by atoms with Crippen molar-refractivity contribution in [3.8, 4) is 5.75 Å². The molecule has 1 fully saturated rings. The summed E-state index contributed by atoms with van der Waals surface area (Å²) in [7, 11) is 1.62. The average molecular weight is 557 g/mol. The summed E-state index contributed by atoms with van der Waals surface area (Å²) in [4.78, 5) is 33.9. The van der Waals surface area contributed by atoms with Crippen LogP contribution in [0.2, 0.25) is 0 Å². The Morgan fingerprint density at radius 3 is 2.49 bits per heavy atom. The second-order valence-corrected chi connectivity index (χ2v) is 10.9. The van der Waals surface area contributed by atoms with Gasteiger partial charge in [0.2, 0.25) is 5.91 Å². The number of aliphatic hydroxyl groups excluding tert-OH is 1. The smallest absolute Gasteiger partial charge is 0.322 e. The Hall–Kier alpha value is -4.37. The fraction of sp³-hybridized carbons (Fsp3) is 0.312. The van der Waals surface area contributed by atoms with Crippen molar-refractivity contribution in [2.75, 3.05) is 38.7 Å². The van der Waals surface area contributed by atoms with E-state index in [0.717, 1.165) is 27.7 Å². The number of aromatic amines is 1. The molecule has 1 spiro atoms. The number of halogens is 1. The molecular formula is C32H33FN4O4. The van der Waals surface area contributed by atoms with Crippen LogP contribution in [0.25, 0.3) is 10.9 Å². The molecule has 1 aromatic heterocycles. The Bertz CT molecular complexity index is 1560. The number of piperidine rings is 1. The van der Waals surface area contributed by atoms with Crippen molar-refractivity contribution in [2.24, 2.45) is 0 Å². The fourth-order valence-electron chi connectivity index (χ4n) is 6.42. The lowest BCUT2D eigenvalue weighted by Gasteiger charge is -2.50. The summed E-state index contributed by atoms with van der Waals surface area (Å²) in [6.45, 7) is 1.22. The van der Waals surface area contributed by atoms with Crippen molar-refractivity contribution in [3.05, 3.63) is 95.4 Å². The third-order valence-electron chi connectivity index (χ3n) is 8.55. The van der Waals surface area contributed by atoms with Crippen molar-refractivity contribution in [3.63, 3.8) is 0 Å². The van der Waals surface area contributed by atoms with Gasteiger partial charge >= 0.3 is 6.03 Å². The minimum absolute atomic E-state index is 0.0879. The van der Waals surface area contributed by atoms with Gasteiger partial charge in [0.1, 0.15) is 11.6 Å². The molecule has 2 aliphatic heterocycles. The van der Waals surface area contributed by atoms with Gasteiger partial charge in [0.05, 0.1) is 26.2 Å². The van der Waals surface area contributed by atoms with Gasteiger partial charge in [0.25, 0.3) is 0 Å². The molecule has 0 unspecified atom stereocenters. The van der Waals surface area contributed by atoms with Crippen LogP contribution < -0.4 is 10.1 Å². The quantitative estimate of drug-likeness (QED) is 0.322. The normalized spacial score (nSPS) is 17.9. The van der Waals surface area contributed by atoms with Crippen LogP contribution in [0.4, 0.5) is 14.9 Å². The molecule has 8 nitrogen and oxygen atoms in total. The molecule has 6 rings (SSSR count). The Labute approximate surface area is 237 Å². The monoisotopic (exact) mass is 556 g/mol. The van der Waals surface area contributed by atoms with E-state index in [-0.39, 0.29) is 24.4 Å². The first kappa shape index (κ1) is 26.8. The molecule has 1 atom stereocenters. The van der Waals surface area contributed by atoms with Gasteiger partial charge < -0.3 is 29.9 Å². The van der Waals surface area contributed by atoms with Crippen LogP contribution in [-0.2, 0) is 16.6 Å². The number of carbonyl (C=O) groups excluding carboxylic acids is 2. The van der Waals surface area contributed by atoms with Crippen LogP contribution in [0.1, 0.15) is 35.7 Å². The molecule has 3 N–H and O–H groups in total. The average Bonchev–Trinajstić information content (AvgIpc) is 3.39. The van der Waals surface area contributed by atoms with Gasteiger partial charge in [-0.25, -0.2) is 9.18 Å². The fourth-order valence-corrected chi connectivity index (χ4v) is 6.42. The zero-order valence-corrected chi connectivity index (χ0v) is 22.9. The van der Waals surface area contributed by atoms with Crippen LogP contribution in [0.5, 0.6) is 5.75 Å². The molecule has 3 aromatic carbocycles. The highest BCUT2D eigenvalue weighted by molar-refractivity contribution is 5.92. The first-order valence-electron chi connectivity index (χ1n) is 13.9. The summed E-state index contributed by atoms with van der Waals surface area (Å²) in [6, 6.07) is 20.2. The molecular weight excluding hydrogens is 523 g/mol. The molecule has 1 saturated heterocycles. The van der Waals surface area contributed by atoms with E-state index < -0.39 is 11.5 Å². The van der Waals surface area contributed by atoms with Gasteiger partial charge in [-0.2, -0.15) is 0 Å². The lowest BCUT2D eigenvalue weighted by atomic mass is 9.68. The number of anilines is 1. The van der Waals surface area contributed by atoms with Crippen molar-refractivity contribution in [1.82, 2.24) is 14.8 Å². The number of H-pyrrole nitrogens is 1. The standard InChI is InChI=1S/C32H33FN4O4/c1-41-24-11-12-25-26(18-24)35-30-27(19-38)37(31(40)34-23-9-7-22(33)8-10-23)20-32(29(25)30)13-15-36(16-14-32)28(39)17-21-5-3-2-4-6-21/h2-12,18,27,35,38H,13-17,19-20H2,1H3,(H,34,40)/t27-/m1/s1. The van der Waals surface area contributed by atoms with Crippen LogP contribution in [0.3, 0.4) is 0 Å². The number of rotatable bonds is 5. The summed E-state index contributed by atoms with van der Waals surface area (Å²) in [6.07, 6.45) is 1.68. The Morgan fingerprint density at radius 2 is 1.80 bits per heavy atom. The number of carbonyl (C=O) groups is 2. The van der Waals surface area contributed by atoms with Crippen LogP contribution in [0, 0.1) is 5.82 Å². The molecule has 41 heavy (non-hydrogen) atoms. The predicted octanol–water partition coefficient (Wildman–Crippen LogP) is 5.00. The van der Waals surface area contributed by atoms with Gasteiger partial charge in [0, 0.05) is 53.4 Å². The molecule has 0 aliphatic carbocycles. The Morgan fingerprint density at radius 1 is 1.07 bits per heavy atom. The van der Waals surface area contributed by atoms with Crippen molar-refractivity contribution in [2.45, 2.75) is 30.7 Å². The number of nitrogens with one attached hydrogen (secondary N) is 2. The number of hydrogen-bond donors (Lipinski definition) is 3. The summed E-state index contributed by atoms with van der Waals surface area (Å²) >= 11 is 0. The zero-order valence-electron chi connectivity index (χ0n) is 22.9. The minimum Gasteiger partial charge on any atom is -0.497 e. The van der Waals surface area contributed by atoms with E-state index in [0.29, 0.717) is 50.3 Å². The number of ether oxygens (including phenoxy) is 1. The van der Waals surface area contributed by atoms with Gasteiger partial charge in [-0.3, -0.25) is 4.79 Å². The van der Waals surface area contributed by atoms with Gasteiger partial charge in [-0.1, -0.05) is 30.3 Å². The predicted molar refractivity (Wildman–Crippen MR) is 154 cm³/mol. The third kappa shape index (κ3) is 5.02. The molecule has 3 amide bonds. The maximum absolute atomic E-state index is 13.7. The Balaban J connectivity index is 1.34. The van der Waals surface area contributed by atoms with Gasteiger partial charge in [-0.15, -0.1) is 0 Å². The highest BCUT2D eigenvalue weighted by atomic mass is 19.1. The number of aromatic nitrogens is 1.